The van der Waals surface area contributed by atoms with Crippen LogP contribution in [-0.2, 0) is 12.0 Å². The molecule has 3 nitrogen and oxygen atoms in total. The maximum Gasteiger partial charge on any atom is 0.260 e. The van der Waals surface area contributed by atoms with Crippen molar-refractivity contribution >= 4 is 32.6 Å². The van der Waals surface area contributed by atoms with E-state index in [0.717, 1.165) is 20.9 Å². The topological polar surface area (TPSA) is 33.2 Å². The second kappa shape index (κ2) is 8.87. The Bertz CT molecular complexity index is 1220. The van der Waals surface area contributed by atoms with Crippen LogP contribution in [-0.4, -0.2) is 10.9 Å². The maximum absolute atomic E-state index is 13.7. The number of carbonyl (C=O) groups excluding carboxylic acids is 1. The summed E-state index contributed by atoms with van der Waals surface area (Å²) in [5.74, 6) is 0.344. The zero-order valence-electron chi connectivity index (χ0n) is 19.4. The summed E-state index contributed by atoms with van der Waals surface area (Å²) in [4.78, 5) is 20.5. The SMILES string of the molecule is CC(C)c1cccc2sc(N(Cc3ccccc3)C(=O)c3ccc(C(C)(C)C)cc3)nc12. The van der Waals surface area contributed by atoms with Crippen LogP contribution < -0.4 is 4.90 Å². The lowest BCUT2D eigenvalue weighted by molar-refractivity contribution is 0.0985. The fraction of sp³-hybridized carbons (Fsp3) is 0.286. The molecule has 1 aromatic heterocycles. The van der Waals surface area contributed by atoms with Crippen LogP contribution in [0.3, 0.4) is 0 Å². The van der Waals surface area contributed by atoms with Crippen molar-refractivity contribution < 1.29 is 4.79 Å². The van der Waals surface area contributed by atoms with Crippen LogP contribution in [0.2, 0.25) is 0 Å². The molecule has 0 bridgehead atoms. The molecule has 4 rings (SSSR count). The molecule has 0 aliphatic heterocycles. The summed E-state index contributed by atoms with van der Waals surface area (Å²) in [5, 5.41) is 0.738. The summed E-state index contributed by atoms with van der Waals surface area (Å²) < 4.78 is 1.11. The first-order valence-electron chi connectivity index (χ1n) is 11.1. The number of rotatable bonds is 5. The Morgan fingerprint density at radius 3 is 2.25 bits per heavy atom. The molecule has 0 saturated heterocycles. The number of hydrogen-bond donors (Lipinski definition) is 0. The molecule has 0 unspecified atom stereocenters. The molecular weight excluding hydrogens is 412 g/mol. The molecule has 3 aromatic carbocycles. The summed E-state index contributed by atoms with van der Waals surface area (Å²) >= 11 is 1.58. The third-order valence-electron chi connectivity index (χ3n) is 5.72. The van der Waals surface area contributed by atoms with Gasteiger partial charge in [0.25, 0.3) is 5.91 Å². The lowest BCUT2D eigenvalue weighted by Crippen LogP contribution is -2.30. The highest BCUT2D eigenvalue weighted by atomic mass is 32.1. The van der Waals surface area contributed by atoms with E-state index in [0.29, 0.717) is 18.0 Å². The highest BCUT2D eigenvalue weighted by Gasteiger charge is 2.23. The van der Waals surface area contributed by atoms with Gasteiger partial charge in [0.1, 0.15) is 0 Å². The number of hydrogen-bond acceptors (Lipinski definition) is 3. The van der Waals surface area contributed by atoms with Crippen LogP contribution >= 0.6 is 11.3 Å². The van der Waals surface area contributed by atoms with Crippen molar-refractivity contribution in [3.8, 4) is 0 Å². The predicted octanol–water partition coefficient (Wildman–Crippen LogP) is 7.56. The van der Waals surface area contributed by atoms with Crippen LogP contribution in [0.15, 0.2) is 72.8 Å². The third kappa shape index (κ3) is 4.61. The number of nitrogens with zero attached hydrogens (tertiary/aromatic N) is 2. The van der Waals surface area contributed by atoms with Gasteiger partial charge in [-0.1, -0.05) is 101 Å². The Labute approximate surface area is 194 Å². The smallest absolute Gasteiger partial charge is 0.260 e. The lowest BCUT2D eigenvalue weighted by atomic mass is 9.86. The Kier molecular flexibility index (Phi) is 6.16. The molecular formula is C28H30N2OS. The molecule has 0 spiro atoms. The molecule has 1 amide bonds. The highest BCUT2D eigenvalue weighted by molar-refractivity contribution is 7.22. The number of amides is 1. The van der Waals surface area contributed by atoms with Gasteiger partial charge in [0.05, 0.1) is 16.8 Å². The molecule has 1 heterocycles. The number of benzene rings is 3. The Balaban J connectivity index is 1.76. The summed E-state index contributed by atoms with van der Waals surface area (Å²) in [6.07, 6.45) is 0. The average Bonchev–Trinajstić information content (AvgIpc) is 3.21. The monoisotopic (exact) mass is 442 g/mol. The third-order valence-corrected chi connectivity index (χ3v) is 6.76. The van der Waals surface area contributed by atoms with E-state index >= 15 is 0 Å². The van der Waals surface area contributed by atoms with Crippen molar-refractivity contribution in [1.29, 1.82) is 0 Å². The van der Waals surface area contributed by atoms with E-state index in [1.807, 2.05) is 35.2 Å². The van der Waals surface area contributed by atoms with Crippen molar-refractivity contribution in [3.63, 3.8) is 0 Å². The van der Waals surface area contributed by atoms with Gasteiger partial charge in [-0.3, -0.25) is 9.69 Å². The molecule has 4 aromatic rings. The molecule has 0 saturated carbocycles. The first-order valence-corrected chi connectivity index (χ1v) is 11.9. The fourth-order valence-electron chi connectivity index (χ4n) is 3.80. The number of anilines is 1. The van der Waals surface area contributed by atoms with Gasteiger partial charge < -0.3 is 0 Å². The largest absolute Gasteiger partial charge is 0.279 e. The minimum Gasteiger partial charge on any atom is -0.279 e. The minimum atomic E-state index is -0.0283. The standard InChI is InChI=1S/C28H30N2OS/c1-19(2)23-12-9-13-24-25(23)29-27(32-24)30(18-20-10-7-6-8-11-20)26(31)21-14-16-22(17-15-21)28(3,4)5/h6-17,19H,18H2,1-5H3. The minimum absolute atomic E-state index is 0.0283. The number of fused-ring (bicyclic) bond motifs is 1. The Hall–Kier alpha value is -2.98. The van der Waals surface area contributed by atoms with Crippen LogP contribution in [0.4, 0.5) is 5.13 Å². The molecule has 0 aliphatic rings. The normalized spacial score (nSPS) is 11.8. The number of thiazole rings is 1. The van der Waals surface area contributed by atoms with Crippen molar-refractivity contribution in [2.75, 3.05) is 4.90 Å². The van der Waals surface area contributed by atoms with Gasteiger partial charge in [0.2, 0.25) is 0 Å². The van der Waals surface area contributed by atoms with Crippen LogP contribution in [0.25, 0.3) is 10.2 Å². The lowest BCUT2D eigenvalue weighted by Gasteiger charge is -2.22. The van der Waals surface area contributed by atoms with Crippen LogP contribution in [0, 0.1) is 0 Å². The van der Waals surface area contributed by atoms with Gasteiger partial charge in [-0.05, 0) is 46.2 Å². The summed E-state index contributed by atoms with van der Waals surface area (Å²) in [7, 11) is 0. The molecule has 0 N–H and O–H groups in total. The quantitative estimate of drug-likeness (QED) is 0.319. The number of carbonyl (C=O) groups is 1. The van der Waals surface area contributed by atoms with Crippen molar-refractivity contribution in [2.45, 2.75) is 52.5 Å². The molecule has 32 heavy (non-hydrogen) atoms. The molecule has 0 aliphatic carbocycles. The predicted molar refractivity (Wildman–Crippen MR) is 136 cm³/mol. The van der Waals surface area contributed by atoms with E-state index in [9.17, 15) is 4.79 Å². The number of aromatic nitrogens is 1. The van der Waals surface area contributed by atoms with Gasteiger partial charge in [0, 0.05) is 5.56 Å². The van der Waals surface area contributed by atoms with Crippen molar-refractivity contribution in [2.24, 2.45) is 0 Å². The Morgan fingerprint density at radius 1 is 0.938 bits per heavy atom. The first kappa shape index (κ1) is 22.2. The molecule has 4 heteroatoms. The fourth-order valence-corrected chi connectivity index (χ4v) is 4.80. The van der Waals surface area contributed by atoms with Crippen molar-refractivity contribution in [3.05, 3.63) is 95.1 Å². The van der Waals surface area contributed by atoms with Gasteiger partial charge >= 0.3 is 0 Å². The molecule has 0 atom stereocenters. The number of para-hydroxylation sites is 1. The summed E-state index contributed by atoms with van der Waals surface area (Å²) in [5.41, 5.74) is 5.23. The average molecular weight is 443 g/mol. The van der Waals surface area contributed by atoms with E-state index in [-0.39, 0.29) is 11.3 Å². The zero-order chi connectivity index (χ0) is 22.9. The second-order valence-electron chi connectivity index (χ2n) is 9.55. The summed E-state index contributed by atoms with van der Waals surface area (Å²) in [6, 6.07) is 24.4. The maximum atomic E-state index is 13.7. The molecule has 0 radical (unpaired) electrons. The van der Waals surface area contributed by atoms with E-state index in [1.54, 1.807) is 11.3 Å². The Morgan fingerprint density at radius 2 is 1.62 bits per heavy atom. The summed E-state index contributed by atoms with van der Waals surface area (Å²) in [6.45, 7) is 11.4. The van der Waals surface area contributed by atoms with Crippen molar-refractivity contribution in [1.82, 2.24) is 4.98 Å². The van der Waals surface area contributed by atoms with E-state index in [1.165, 1.54) is 11.1 Å². The van der Waals surface area contributed by atoms with Crippen LogP contribution in [0.1, 0.15) is 67.6 Å². The second-order valence-corrected chi connectivity index (χ2v) is 10.6. The van der Waals surface area contributed by atoms with Gasteiger partial charge in [-0.25, -0.2) is 4.98 Å². The van der Waals surface area contributed by atoms with Gasteiger partial charge in [-0.2, -0.15) is 0 Å². The zero-order valence-corrected chi connectivity index (χ0v) is 20.2. The van der Waals surface area contributed by atoms with Gasteiger partial charge in [-0.15, -0.1) is 0 Å². The molecule has 164 valence electrons. The first-order chi connectivity index (χ1) is 15.2. The molecule has 0 fully saturated rings. The van der Waals surface area contributed by atoms with Gasteiger partial charge in [0.15, 0.2) is 5.13 Å². The van der Waals surface area contributed by atoms with E-state index < -0.39 is 0 Å². The van der Waals surface area contributed by atoms with E-state index in [2.05, 4.69) is 77.1 Å². The highest BCUT2D eigenvalue weighted by Crippen LogP contribution is 2.35. The van der Waals surface area contributed by atoms with E-state index in [4.69, 9.17) is 4.98 Å². The van der Waals surface area contributed by atoms with Crippen LogP contribution in [0.5, 0.6) is 0 Å².